The Morgan fingerprint density at radius 3 is 1.07 bits per heavy atom. The molecule has 27 N–H and O–H groups in total. The van der Waals surface area contributed by atoms with Gasteiger partial charge in [-0.25, -0.2) is 9.59 Å². The summed E-state index contributed by atoms with van der Waals surface area (Å²) < 4.78 is 108. The molecule has 9 heterocycles. The van der Waals surface area contributed by atoms with E-state index in [1.54, 1.807) is 0 Å². The molecule has 0 bridgehead atoms. The summed E-state index contributed by atoms with van der Waals surface area (Å²) in [5, 5.41) is 282. The van der Waals surface area contributed by atoms with E-state index >= 15 is 0 Å². The fourth-order valence-corrected chi connectivity index (χ4v) is 17.1. The second-order valence-electron chi connectivity index (χ2n) is 32.9. The van der Waals surface area contributed by atoms with E-state index in [4.69, 9.17) is 85.3 Å². The number of aliphatic carboxylic acids is 1. The number of ether oxygens (including phenoxy) is 18. The minimum Gasteiger partial charge on any atom is -0.480 e. The third kappa shape index (κ3) is 20.9. The van der Waals surface area contributed by atoms with Gasteiger partial charge in [0.05, 0.1) is 90.3 Å². The summed E-state index contributed by atoms with van der Waals surface area (Å²) in [6.45, 7) is -3.85. The lowest BCUT2D eigenvalue weighted by Crippen LogP contribution is -2.68. The molecule has 0 saturated carbocycles. The van der Waals surface area contributed by atoms with Gasteiger partial charge in [-0.1, -0.05) is 76.2 Å². The van der Waals surface area contributed by atoms with E-state index < -0.39 is 365 Å². The van der Waals surface area contributed by atoms with Crippen molar-refractivity contribution in [1.29, 1.82) is 0 Å². The number of amides is 2. The Balaban J connectivity index is 0.761. The maximum absolute atomic E-state index is 13.6. The molecule has 710 valence electrons. The zero-order chi connectivity index (χ0) is 90.8. The van der Waals surface area contributed by atoms with Gasteiger partial charge in [-0.15, -0.1) is 0 Å². The molecule has 1 aliphatic carbocycles. The van der Waals surface area contributed by atoms with E-state index in [-0.39, 0.29) is 12.5 Å². The van der Waals surface area contributed by atoms with Gasteiger partial charge in [0.15, 0.2) is 50.3 Å². The summed E-state index contributed by atoms with van der Waals surface area (Å²) in [5.74, 6) is -8.23. The number of aliphatic hydroxyl groups is 24. The minimum absolute atomic E-state index is 0.185. The van der Waals surface area contributed by atoms with Crippen LogP contribution in [0.25, 0.3) is 11.1 Å². The number of nitrogens with one attached hydrogen (secondary N) is 2. The van der Waals surface area contributed by atoms with Crippen molar-refractivity contribution < 1.29 is 227 Å². The van der Waals surface area contributed by atoms with E-state index in [2.05, 4.69) is 10.6 Å². The van der Waals surface area contributed by atoms with E-state index in [0.717, 1.165) is 22.3 Å². The van der Waals surface area contributed by atoms with Crippen LogP contribution >= 0.6 is 0 Å². The van der Waals surface area contributed by atoms with E-state index in [1.807, 2.05) is 48.5 Å². The van der Waals surface area contributed by atoms with Gasteiger partial charge < -0.3 is 224 Å². The molecule has 20 unspecified atom stereocenters. The highest BCUT2D eigenvalue weighted by Crippen LogP contribution is 2.46. The molecule has 125 heavy (non-hydrogen) atoms. The van der Waals surface area contributed by atoms with Crippen molar-refractivity contribution in [1.82, 2.24) is 10.6 Å². The second-order valence-corrected chi connectivity index (χ2v) is 32.9. The number of fused-ring (bicyclic) bond motifs is 3. The molecule has 2 aromatic rings. The number of hydrogen-bond donors (Lipinski definition) is 27. The molecule has 9 saturated heterocycles. The number of carboxylic acid groups (broad SMARTS) is 1. The Bertz CT molecular complexity index is 3700. The Morgan fingerprint density at radius 2 is 0.656 bits per heavy atom. The Kier molecular flexibility index (Phi) is 34.2. The van der Waals surface area contributed by atoms with Crippen molar-refractivity contribution >= 4 is 18.0 Å². The summed E-state index contributed by atoms with van der Waals surface area (Å²) >= 11 is 0. The van der Waals surface area contributed by atoms with Crippen LogP contribution in [0.5, 0.6) is 0 Å². The predicted octanol–water partition coefficient (Wildman–Crippen LogP) is -13.0. The first-order chi connectivity index (χ1) is 59.6. The van der Waals surface area contributed by atoms with Gasteiger partial charge in [0.2, 0.25) is 5.91 Å². The van der Waals surface area contributed by atoms with Crippen molar-refractivity contribution in [2.75, 3.05) is 66.1 Å². The fourth-order valence-electron chi connectivity index (χ4n) is 17.1. The SMILES string of the molecule is CC1C(O)[C@H](O[C@@H]2OC(CO)[C@H](O)C(O)[C@@H]2O)[C@H](CO)O[C@H]1O[C@@H]1C(O)[C@H](O)C(CO)O[C@@H]1OCC1O[C@@H](O[C@@H]2C(CO)O[C@@H](O[C@@H]3C(CO)O[C@@H](NC(=O)CC(NC(=O)OCC4c5ccccc5-c5ccccc54)C(=O)O)C(C)C3O)[C@@H](C)C2O)[C@H](O)C(O[C@H]2O[C@H](CO)[C@@H](O)C(O)C2O[C@@H]2OC(CO)[C@@H](O[C@@H]3OC(CO)[C@H](O)C(O)[C@@H]3O)C(O)[C@@H]2C)[C@@H]1O. The lowest BCUT2D eigenvalue weighted by atomic mass is 9.89. The van der Waals surface area contributed by atoms with Crippen LogP contribution in [0.4, 0.5) is 4.79 Å². The molecule has 12 rings (SSSR count). The lowest BCUT2D eigenvalue weighted by molar-refractivity contribution is -0.402. The number of rotatable bonds is 32. The predicted molar refractivity (Wildman–Crippen MR) is 400 cm³/mol. The maximum atomic E-state index is 13.6. The van der Waals surface area contributed by atoms with Gasteiger partial charge >= 0.3 is 12.1 Å². The number of aliphatic hydroxyl groups excluding tert-OH is 24. The molecule has 2 amide bonds. The first kappa shape index (κ1) is 99.0. The molecule has 9 aliphatic heterocycles. The number of carbonyl (C=O) groups excluding carboxylic acids is 2. The van der Waals surface area contributed by atoms with Gasteiger partial charge in [-0.2, -0.15) is 0 Å². The highest BCUT2D eigenvalue weighted by atomic mass is 16.8. The largest absolute Gasteiger partial charge is 0.480 e. The molecule has 10 aliphatic rings. The van der Waals surface area contributed by atoms with Crippen LogP contribution in [0.15, 0.2) is 48.5 Å². The van der Waals surface area contributed by atoms with E-state index in [1.165, 1.54) is 27.7 Å². The summed E-state index contributed by atoms with van der Waals surface area (Å²) in [4.78, 5) is 39.3. The topological polar surface area (TPSA) is 747 Å². The number of hydrogen-bond acceptors (Lipinski definition) is 45. The van der Waals surface area contributed by atoms with Gasteiger partial charge in [0.25, 0.3) is 0 Å². The molecule has 46 atom stereocenters. The van der Waals surface area contributed by atoms with Gasteiger partial charge in [-0.05, 0) is 22.3 Å². The summed E-state index contributed by atoms with van der Waals surface area (Å²) in [7, 11) is 0. The van der Waals surface area contributed by atoms with Crippen molar-refractivity contribution in [3.63, 3.8) is 0 Å². The molecular weight excluding hydrogens is 1690 g/mol. The van der Waals surface area contributed by atoms with Crippen LogP contribution in [-0.4, -0.2) is 470 Å². The number of carboxylic acids is 1. The molecule has 0 spiro atoms. The number of alkyl carbamates (subject to hydrolysis) is 1. The molecule has 9 fully saturated rings. The summed E-state index contributed by atoms with van der Waals surface area (Å²) in [6, 6.07) is 13.1. The zero-order valence-corrected chi connectivity index (χ0v) is 67.8. The average Bonchev–Trinajstić information content (AvgIpc) is 1.75. The average molecular weight is 1810 g/mol. The fraction of sp³-hybridized carbons (Fsp3) is 0.805. The third-order valence-electron chi connectivity index (χ3n) is 24.8. The van der Waals surface area contributed by atoms with Crippen molar-refractivity contribution in [2.45, 2.75) is 298 Å². The monoisotopic (exact) mass is 1800 g/mol. The minimum atomic E-state index is -2.42. The van der Waals surface area contributed by atoms with Gasteiger partial charge in [0.1, 0.15) is 190 Å². The normalized spacial score (nSPS) is 45.7. The highest BCUT2D eigenvalue weighted by molar-refractivity contribution is 5.87. The van der Waals surface area contributed by atoms with Crippen LogP contribution in [0.1, 0.15) is 51.2 Å². The van der Waals surface area contributed by atoms with Crippen molar-refractivity contribution in [3.8, 4) is 11.1 Å². The first-order valence-electron chi connectivity index (χ1n) is 41.1. The van der Waals surface area contributed by atoms with Crippen LogP contribution in [0.3, 0.4) is 0 Å². The molecule has 2 aromatic carbocycles. The molecule has 48 heteroatoms. The Hall–Kier alpha value is -4.99. The molecular formula is C77H116N2O46. The van der Waals surface area contributed by atoms with Crippen LogP contribution in [-0.2, 0) is 94.9 Å². The number of carbonyl (C=O) groups is 3. The van der Waals surface area contributed by atoms with Crippen molar-refractivity contribution in [2.24, 2.45) is 23.7 Å². The lowest BCUT2D eigenvalue weighted by Gasteiger charge is -2.51. The van der Waals surface area contributed by atoms with Gasteiger partial charge in [0, 0.05) is 29.6 Å². The van der Waals surface area contributed by atoms with Crippen LogP contribution < -0.4 is 10.6 Å². The first-order valence-corrected chi connectivity index (χ1v) is 41.1. The Morgan fingerprint density at radius 1 is 0.328 bits per heavy atom. The van der Waals surface area contributed by atoms with Crippen LogP contribution in [0, 0.1) is 23.7 Å². The number of benzene rings is 2. The van der Waals surface area contributed by atoms with E-state index in [9.17, 15) is 142 Å². The molecule has 0 aromatic heterocycles. The quantitative estimate of drug-likeness (QED) is 0.0323. The summed E-state index contributed by atoms with van der Waals surface area (Å²) in [6.07, 6.45) is -79.6. The Labute approximate surface area is 712 Å². The molecule has 0 radical (unpaired) electrons. The third-order valence-corrected chi connectivity index (χ3v) is 24.8. The molecule has 48 nitrogen and oxygen atoms in total. The van der Waals surface area contributed by atoms with Crippen LogP contribution in [0.2, 0.25) is 0 Å². The van der Waals surface area contributed by atoms with E-state index in [0.29, 0.717) is 0 Å². The van der Waals surface area contributed by atoms with Gasteiger partial charge in [-0.3, -0.25) is 4.79 Å². The standard InChI is InChI=1S/C77H116N2O46/c1-24-44(89)60(38(18-84)110-67(24)79-43(88)13-33(68(105)106)78-77(107)109-22-32-30-11-7-5-9-28(30)29-10-6-8-12-31(29)32)119-69-25(2)45(90)63(41(21-87)115-69)122-74-59(104)64(123-76-66(56(101)51(96)37(17-83)114-76)125-71-27(4)47(92)62(40(20-86)117-71)121-73-58(103)54(99)49(94)35(15-81)112-73)52(97)42(118-74)23-108-75-65(55(100)50(95)36(16-82)113-75)124-70-26(3)46(91)61(39(19-85)116-70)120-72-57(102)53(98)48(93)34(14-80)111-72/h5-12,24-27,32-42,44-67,69-76,80-87,89-104H,13-23H2,1-4H3,(H,78,107)(H,79,88)(H,105,106)/t24?,25-,26?,27-,33?,34?,35?,36?,37+,38?,39-,40?,41?,42?,44?,45?,46?,47?,48-,49-,50+,51+,52+,53?,54?,55?,56?,57-,58-,59+,60+,61+,62+,63+,64?,65+,66?,67+,69-,70-,71-,72-,73-,74-,75-,76+/m0/s1. The highest BCUT2D eigenvalue weighted by Gasteiger charge is 2.60. The second kappa shape index (κ2) is 43.1. The zero-order valence-electron chi connectivity index (χ0n) is 67.8. The smallest absolute Gasteiger partial charge is 0.407 e. The maximum Gasteiger partial charge on any atom is 0.407 e. The summed E-state index contributed by atoms with van der Waals surface area (Å²) in [5.41, 5.74) is 3.63. The van der Waals surface area contributed by atoms with Crippen molar-refractivity contribution in [3.05, 3.63) is 59.7 Å².